The first-order valence-corrected chi connectivity index (χ1v) is 19.0. The van der Waals surface area contributed by atoms with Gasteiger partial charge < -0.3 is 5.11 Å². The second-order valence-electron chi connectivity index (χ2n) is 17.1. The number of allylic oxidation sites excluding steroid dienone is 1. The lowest BCUT2D eigenvalue weighted by Crippen LogP contribution is -2.66. The van der Waals surface area contributed by atoms with Crippen LogP contribution in [0.25, 0.3) is 0 Å². The molecule has 1 aliphatic heterocycles. The number of carboxylic acids is 1. The molecule has 0 bridgehead atoms. The van der Waals surface area contributed by atoms with Crippen LogP contribution in [0.15, 0.2) is 41.3 Å². The van der Waals surface area contributed by atoms with E-state index >= 15 is 0 Å². The molecule has 0 aromatic heterocycles. The lowest BCUT2D eigenvalue weighted by atomic mass is 9.33. The van der Waals surface area contributed by atoms with E-state index in [1.54, 1.807) is 16.4 Å². The molecular weight excluding hydrogens is 566 g/mol. The number of nitrogens with zero attached hydrogens (tertiary/aromatic N) is 1. The topological polar surface area (TPSA) is 74.7 Å². The summed E-state index contributed by atoms with van der Waals surface area (Å²) in [5.74, 6) is 1.83. The molecule has 4 aliphatic carbocycles. The number of sulfonamides is 1. The third-order valence-corrected chi connectivity index (χ3v) is 17.5. The number of hydrogen-bond acceptors (Lipinski definition) is 3. The summed E-state index contributed by atoms with van der Waals surface area (Å²) in [5.41, 5.74) is 1.86. The minimum Gasteiger partial charge on any atom is -0.478 e. The SMILES string of the molecule is C=C(C)[C@@H]1CC[C@]2(CC)CC[C@]3(C)[C@H](CC[C@@H]4[C@@]5(C)CCCN(S(=O)(=O)c6cccc(C(=O)O)c6)C(C)(C)C5CC[C@]43C)[C@@H]12. The maximum atomic E-state index is 14.3. The summed E-state index contributed by atoms with van der Waals surface area (Å²) in [5, 5.41) is 9.57. The molecule has 0 spiro atoms. The quantitative estimate of drug-likeness (QED) is 0.332. The minimum absolute atomic E-state index is 0.0118. The average molecular weight is 624 g/mol. The van der Waals surface area contributed by atoms with Crippen LogP contribution in [0.3, 0.4) is 0 Å². The van der Waals surface area contributed by atoms with E-state index in [1.165, 1.54) is 62.7 Å². The molecule has 6 rings (SSSR count). The summed E-state index contributed by atoms with van der Waals surface area (Å²) in [6.45, 7) is 21.9. The lowest BCUT2D eigenvalue weighted by molar-refractivity contribution is -0.225. The summed E-state index contributed by atoms with van der Waals surface area (Å²) in [6.07, 6.45) is 13.2. The van der Waals surface area contributed by atoms with Gasteiger partial charge in [0.25, 0.3) is 0 Å². The van der Waals surface area contributed by atoms with E-state index in [-0.39, 0.29) is 32.6 Å². The minimum atomic E-state index is -3.87. The number of fused-ring (bicyclic) bond motifs is 7. The molecule has 5 nitrogen and oxygen atoms in total. The highest BCUT2D eigenvalue weighted by atomic mass is 32.2. The first-order valence-electron chi connectivity index (χ1n) is 17.5. The van der Waals surface area contributed by atoms with Crippen molar-refractivity contribution in [2.45, 2.75) is 130 Å². The number of hydrogen-bond donors (Lipinski definition) is 1. The van der Waals surface area contributed by atoms with E-state index in [4.69, 9.17) is 0 Å². The predicted octanol–water partition coefficient (Wildman–Crippen LogP) is 9.20. The molecule has 9 atom stereocenters. The Morgan fingerprint density at radius 3 is 2.34 bits per heavy atom. The molecule has 6 heteroatoms. The van der Waals surface area contributed by atoms with Crippen molar-refractivity contribution in [1.82, 2.24) is 4.31 Å². The van der Waals surface area contributed by atoms with E-state index in [0.29, 0.717) is 23.8 Å². The van der Waals surface area contributed by atoms with E-state index in [1.807, 2.05) is 0 Å². The van der Waals surface area contributed by atoms with Gasteiger partial charge in [-0.2, -0.15) is 4.31 Å². The van der Waals surface area contributed by atoms with Crippen LogP contribution in [0.1, 0.15) is 129 Å². The van der Waals surface area contributed by atoms with Crippen LogP contribution >= 0.6 is 0 Å². The molecule has 1 unspecified atom stereocenters. The van der Waals surface area contributed by atoms with Gasteiger partial charge in [-0.1, -0.05) is 52.3 Å². The summed E-state index contributed by atoms with van der Waals surface area (Å²) in [6, 6.07) is 5.91. The van der Waals surface area contributed by atoms with Crippen LogP contribution in [-0.4, -0.2) is 35.9 Å². The van der Waals surface area contributed by atoms with Crippen LogP contribution in [0.5, 0.6) is 0 Å². The van der Waals surface area contributed by atoms with Crippen LogP contribution < -0.4 is 0 Å². The zero-order valence-corrected chi connectivity index (χ0v) is 29.2. The van der Waals surface area contributed by atoms with E-state index in [9.17, 15) is 18.3 Å². The number of aromatic carboxylic acids is 1. The van der Waals surface area contributed by atoms with Crippen LogP contribution in [0, 0.1) is 51.2 Å². The summed E-state index contributed by atoms with van der Waals surface area (Å²) in [7, 11) is -3.87. The second kappa shape index (κ2) is 10.4. The normalized spacial score (nSPS) is 43.6. The average Bonchev–Trinajstić information content (AvgIpc) is 3.31. The smallest absolute Gasteiger partial charge is 0.335 e. The van der Waals surface area contributed by atoms with Crippen molar-refractivity contribution in [3.05, 3.63) is 42.0 Å². The van der Waals surface area contributed by atoms with Gasteiger partial charge in [-0.3, -0.25) is 0 Å². The molecule has 5 fully saturated rings. The first-order chi connectivity index (χ1) is 20.5. The Morgan fingerprint density at radius 1 is 0.955 bits per heavy atom. The number of carboxylic acid groups (broad SMARTS) is 1. The maximum absolute atomic E-state index is 14.3. The zero-order chi connectivity index (χ0) is 32.1. The number of rotatable bonds is 5. The Bertz CT molecular complexity index is 1450. The molecule has 0 radical (unpaired) electrons. The van der Waals surface area contributed by atoms with Crippen LogP contribution in [-0.2, 0) is 10.0 Å². The zero-order valence-electron chi connectivity index (χ0n) is 28.4. The van der Waals surface area contributed by atoms with Crippen molar-refractivity contribution in [3.63, 3.8) is 0 Å². The van der Waals surface area contributed by atoms with Crippen LogP contribution in [0.4, 0.5) is 0 Å². The van der Waals surface area contributed by atoms with Crippen molar-refractivity contribution in [2.75, 3.05) is 6.54 Å². The third kappa shape index (κ3) is 4.24. The van der Waals surface area contributed by atoms with Gasteiger partial charge in [-0.15, -0.1) is 0 Å². The Morgan fingerprint density at radius 2 is 1.68 bits per heavy atom. The van der Waals surface area contributed by atoms with E-state index in [2.05, 4.69) is 55.0 Å². The molecule has 5 aliphatic rings. The molecule has 244 valence electrons. The van der Waals surface area contributed by atoms with Crippen molar-refractivity contribution in [2.24, 2.45) is 51.2 Å². The Balaban J connectivity index is 1.36. The molecule has 0 amide bonds. The molecule has 1 N–H and O–H groups in total. The van der Waals surface area contributed by atoms with Gasteiger partial charge in [-0.05, 0) is 154 Å². The van der Waals surface area contributed by atoms with Crippen molar-refractivity contribution in [3.8, 4) is 0 Å². The van der Waals surface area contributed by atoms with Gasteiger partial charge in [0.1, 0.15) is 0 Å². The summed E-state index contributed by atoms with van der Waals surface area (Å²) >= 11 is 0. The summed E-state index contributed by atoms with van der Waals surface area (Å²) < 4.78 is 30.3. The van der Waals surface area contributed by atoms with Gasteiger partial charge in [0.15, 0.2) is 0 Å². The van der Waals surface area contributed by atoms with Crippen molar-refractivity contribution < 1.29 is 18.3 Å². The standard InChI is InChI=1S/C38H57NO4S/c1-9-38-20-16-28(25(2)3)32(38)29-14-15-31-35(6)18-11-23-39(44(42,43)27-13-10-12-26(24-27)33(40)41)34(4,5)30(35)17-19-37(31,8)36(29,7)21-22-38/h10,12-13,24,28-32H,2,9,11,14-23H2,1,3-8H3,(H,40,41)/t28-,29+,30?,31+,32+,35-,36+,37+,38+/m0/s1. The van der Waals surface area contributed by atoms with E-state index in [0.717, 1.165) is 37.5 Å². The van der Waals surface area contributed by atoms with E-state index < -0.39 is 21.5 Å². The fourth-order valence-electron chi connectivity index (χ4n) is 13.2. The molecule has 4 saturated carbocycles. The molecule has 1 aromatic rings. The number of benzene rings is 1. The Hall–Kier alpha value is -1.66. The highest BCUT2D eigenvalue weighted by molar-refractivity contribution is 7.89. The molecule has 44 heavy (non-hydrogen) atoms. The summed E-state index contributed by atoms with van der Waals surface area (Å²) in [4.78, 5) is 11.8. The Kier molecular flexibility index (Phi) is 7.65. The van der Waals surface area contributed by atoms with Gasteiger partial charge in [0.05, 0.1) is 10.5 Å². The second-order valence-corrected chi connectivity index (χ2v) is 18.9. The molecular formula is C38H57NO4S. The fraction of sp³-hybridized carbons (Fsp3) is 0.763. The van der Waals surface area contributed by atoms with Gasteiger partial charge in [0.2, 0.25) is 10.0 Å². The van der Waals surface area contributed by atoms with Crippen LogP contribution in [0.2, 0.25) is 0 Å². The Labute approximate surface area is 267 Å². The predicted molar refractivity (Wildman–Crippen MR) is 177 cm³/mol. The lowest BCUT2D eigenvalue weighted by Gasteiger charge is -2.71. The van der Waals surface area contributed by atoms with Gasteiger partial charge in [0, 0.05) is 12.1 Å². The molecule has 1 aromatic carbocycles. The largest absolute Gasteiger partial charge is 0.478 e. The van der Waals surface area contributed by atoms with Gasteiger partial charge in [-0.25, -0.2) is 13.2 Å². The third-order valence-electron chi connectivity index (χ3n) is 15.5. The molecule has 1 heterocycles. The van der Waals surface area contributed by atoms with Crippen molar-refractivity contribution >= 4 is 16.0 Å². The maximum Gasteiger partial charge on any atom is 0.335 e. The monoisotopic (exact) mass is 623 g/mol. The van der Waals surface area contributed by atoms with Gasteiger partial charge >= 0.3 is 5.97 Å². The fourth-order valence-corrected chi connectivity index (χ4v) is 15.1. The highest BCUT2D eigenvalue weighted by Crippen LogP contribution is 2.77. The number of carbonyl (C=O) groups is 1. The van der Waals surface area contributed by atoms with Crippen molar-refractivity contribution in [1.29, 1.82) is 0 Å². The molecule has 1 saturated heterocycles. The highest BCUT2D eigenvalue weighted by Gasteiger charge is 2.70. The first kappa shape index (κ1) is 32.3.